The van der Waals surface area contributed by atoms with E-state index in [1.165, 1.54) is 17.5 Å². The minimum absolute atomic E-state index is 0.272. The van der Waals surface area contributed by atoms with Crippen LogP contribution in [0.25, 0.3) is 11.3 Å². The Morgan fingerprint density at radius 2 is 1.85 bits per heavy atom. The molecule has 2 aromatic heterocycles. The number of benzene rings is 1. The molecule has 2 N–H and O–H groups in total. The van der Waals surface area contributed by atoms with Crippen molar-refractivity contribution in [3.8, 4) is 11.3 Å². The molecular weight excluding hydrogens is 372 g/mol. The van der Waals surface area contributed by atoms with E-state index in [0.29, 0.717) is 22.1 Å². The number of anilines is 2. The van der Waals surface area contributed by atoms with Crippen LogP contribution in [0.2, 0.25) is 0 Å². The second kappa shape index (κ2) is 7.22. The lowest BCUT2D eigenvalue weighted by Crippen LogP contribution is -2.12. The van der Waals surface area contributed by atoms with Gasteiger partial charge in [0.05, 0.1) is 17.5 Å². The molecule has 134 valence electrons. The lowest BCUT2D eigenvalue weighted by atomic mass is 10.1. The topological polar surface area (TPSA) is 101 Å². The number of carbonyl (C=O) groups excluding carboxylic acids is 1. The molecule has 0 aliphatic heterocycles. The molecule has 0 radical (unpaired) electrons. The molecule has 0 fully saturated rings. The number of amides is 1. The van der Waals surface area contributed by atoms with Gasteiger partial charge in [-0.05, 0) is 31.2 Å². The smallest absolute Gasteiger partial charge is 0.259 e. The summed E-state index contributed by atoms with van der Waals surface area (Å²) in [6.45, 7) is 1.85. The highest BCUT2D eigenvalue weighted by Crippen LogP contribution is 2.26. The lowest BCUT2D eigenvalue weighted by Gasteiger charge is -2.04. The Labute approximate surface area is 155 Å². The monoisotopic (exact) mass is 388 g/mol. The van der Waals surface area contributed by atoms with Crippen LogP contribution in [-0.4, -0.2) is 30.5 Å². The lowest BCUT2D eigenvalue weighted by molar-refractivity contribution is 0.102. The van der Waals surface area contributed by atoms with Gasteiger partial charge in [0.15, 0.2) is 5.13 Å². The number of thiazole rings is 1. The van der Waals surface area contributed by atoms with Gasteiger partial charge in [-0.15, -0.1) is 11.3 Å². The zero-order valence-electron chi connectivity index (χ0n) is 14.1. The van der Waals surface area contributed by atoms with Crippen LogP contribution in [0.3, 0.4) is 0 Å². The Hall–Kier alpha value is -2.78. The molecular formula is C17H16N4O3S2. The Bertz CT molecular complexity index is 1030. The van der Waals surface area contributed by atoms with Gasteiger partial charge in [0.2, 0.25) is 10.0 Å². The number of carbonyl (C=O) groups is 1. The molecule has 26 heavy (non-hydrogen) atoms. The SMILES string of the molecule is Cc1ccc(C(=O)Nc2nc(-c3ccc(NS(C)(=O)=O)cc3)cs2)cn1. The fourth-order valence-corrected chi connectivity index (χ4v) is 3.44. The van der Waals surface area contributed by atoms with E-state index in [0.717, 1.165) is 17.5 Å². The summed E-state index contributed by atoms with van der Waals surface area (Å²) >= 11 is 1.31. The van der Waals surface area contributed by atoms with Gasteiger partial charge < -0.3 is 0 Å². The quantitative estimate of drug-likeness (QED) is 0.699. The first-order chi connectivity index (χ1) is 12.3. The molecule has 0 saturated carbocycles. The third-order valence-corrected chi connectivity index (χ3v) is 4.75. The maximum absolute atomic E-state index is 12.2. The summed E-state index contributed by atoms with van der Waals surface area (Å²) in [5, 5.41) is 5.04. The van der Waals surface area contributed by atoms with E-state index in [9.17, 15) is 13.2 Å². The molecule has 0 aliphatic carbocycles. The number of hydrogen-bond donors (Lipinski definition) is 2. The van der Waals surface area contributed by atoms with Gasteiger partial charge in [-0.25, -0.2) is 13.4 Å². The molecule has 3 aromatic rings. The number of pyridine rings is 1. The fraction of sp³-hybridized carbons (Fsp3) is 0.118. The largest absolute Gasteiger partial charge is 0.298 e. The predicted octanol–water partition coefficient (Wildman–Crippen LogP) is 3.14. The van der Waals surface area contributed by atoms with Gasteiger partial charge in [-0.2, -0.15) is 0 Å². The highest BCUT2D eigenvalue weighted by Gasteiger charge is 2.11. The summed E-state index contributed by atoms with van der Waals surface area (Å²) in [4.78, 5) is 20.7. The van der Waals surface area contributed by atoms with Crippen LogP contribution in [0.4, 0.5) is 10.8 Å². The zero-order valence-corrected chi connectivity index (χ0v) is 15.7. The minimum Gasteiger partial charge on any atom is -0.298 e. The van der Waals surface area contributed by atoms with Gasteiger partial charge in [0, 0.05) is 28.5 Å². The fourth-order valence-electron chi connectivity index (χ4n) is 2.16. The van der Waals surface area contributed by atoms with Crippen LogP contribution in [0.15, 0.2) is 48.0 Å². The summed E-state index contributed by atoms with van der Waals surface area (Å²) in [6.07, 6.45) is 2.62. The summed E-state index contributed by atoms with van der Waals surface area (Å²) in [6, 6.07) is 10.3. The molecule has 0 unspecified atom stereocenters. The highest BCUT2D eigenvalue weighted by molar-refractivity contribution is 7.92. The van der Waals surface area contributed by atoms with Crippen LogP contribution in [0, 0.1) is 6.92 Å². The molecule has 2 heterocycles. The van der Waals surface area contributed by atoms with Crippen molar-refractivity contribution < 1.29 is 13.2 Å². The first-order valence-electron chi connectivity index (χ1n) is 7.58. The molecule has 0 bridgehead atoms. The number of hydrogen-bond acceptors (Lipinski definition) is 6. The molecule has 3 rings (SSSR count). The Balaban J connectivity index is 1.71. The van der Waals surface area contributed by atoms with Crippen LogP contribution in [-0.2, 0) is 10.0 Å². The van der Waals surface area contributed by atoms with Crippen molar-refractivity contribution in [2.45, 2.75) is 6.92 Å². The van der Waals surface area contributed by atoms with Gasteiger partial charge in [-0.3, -0.25) is 19.8 Å². The van der Waals surface area contributed by atoms with Crippen molar-refractivity contribution in [3.63, 3.8) is 0 Å². The second-order valence-electron chi connectivity index (χ2n) is 5.63. The van der Waals surface area contributed by atoms with Crippen LogP contribution < -0.4 is 10.0 Å². The standard InChI is InChI=1S/C17H16N4O3S2/c1-11-3-4-13(9-18-11)16(22)20-17-19-15(10-25-17)12-5-7-14(8-6-12)21-26(2,23)24/h3-10,21H,1-2H3,(H,19,20,22). The Morgan fingerprint density at radius 1 is 1.12 bits per heavy atom. The molecule has 1 aromatic carbocycles. The van der Waals surface area contributed by atoms with Crippen molar-refractivity contribution in [1.82, 2.24) is 9.97 Å². The van der Waals surface area contributed by atoms with E-state index in [4.69, 9.17) is 0 Å². The number of nitrogens with one attached hydrogen (secondary N) is 2. The maximum Gasteiger partial charge on any atom is 0.259 e. The number of rotatable bonds is 5. The average molecular weight is 388 g/mol. The van der Waals surface area contributed by atoms with Gasteiger partial charge in [-0.1, -0.05) is 12.1 Å². The summed E-state index contributed by atoms with van der Waals surface area (Å²) < 4.78 is 24.9. The molecule has 0 saturated heterocycles. The zero-order chi connectivity index (χ0) is 18.7. The first-order valence-corrected chi connectivity index (χ1v) is 10.3. The predicted molar refractivity (Wildman–Crippen MR) is 103 cm³/mol. The molecule has 7 nitrogen and oxygen atoms in total. The van der Waals surface area contributed by atoms with E-state index in [2.05, 4.69) is 20.0 Å². The van der Waals surface area contributed by atoms with Crippen LogP contribution in [0.1, 0.15) is 16.1 Å². The van der Waals surface area contributed by atoms with E-state index >= 15 is 0 Å². The van der Waals surface area contributed by atoms with Crippen LogP contribution in [0.5, 0.6) is 0 Å². The molecule has 0 atom stereocenters. The maximum atomic E-state index is 12.2. The first kappa shape index (κ1) is 18.0. The van der Waals surface area contributed by atoms with Crippen molar-refractivity contribution in [2.24, 2.45) is 0 Å². The number of sulfonamides is 1. The van der Waals surface area contributed by atoms with Crippen molar-refractivity contribution in [3.05, 3.63) is 59.2 Å². The molecule has 9 heteroatoms. The summed E-state index contributed by atoms with van der Waals surface area (Å²) in [7, 11) is -3.31. The van der Waals surface area contributed by atoms with Crippen molar-refractivity contribution in [1.29, 1.82) is 0 Å². The van der Waals surface area contributed by atoms with Gasteiger partial charge in [0.25, 0.3) is 5.91 Å². The molecule has 0 spiro atoms. The molecule has 0 aliphatic rings. The Kier molecular flexibility index (Phi) is 5.01. The van der Waals surface area contributed by atoms with Crippen LogP contribution >= 0.6 is 11.3 Å². The van der Waals surface area contributed by atoms with E-state index in [1.54, 1.807) is 36.4 Å². The van der Waals surface area contributed by atoms with E-state index in [1.807, 2.05) is 12.3 Å². The van der Waals surface area contributed by atoms with Gasteiger partial charge in [0.1, 0.15) is 0 Å². The van der Waals surface area contributed by atoms with Crippen molar-refractivity contribution >= 4 is 38.1 Å². The van der Waals surface area contributed by atoms with Gasteiger partial charge >= 0.3 is 0 Å². The third-order valence-electron chi connectivity index (χ3n) is 3.38. The number of aryl methyl sites for hydroxylation is 1. The summed E-state index contributed by atoms with van der Waals surface area (Å²) in [5.41, 5.74) is 3.29. The molecule has 1 amide bonds. The average Bonchev–Trinajstić information content (AvgIpc) is 3.03. The Morgan fingerprint density at radius 3 is 2.46 bits per heavy atom. The number of nitrogens with zero attached hydrogens (tertiary/aromatic N) is 2. The second-order valence-corrected chi connectivity index (χ2v) is 8.24. The van der Waals surface area contributed by atoms with E-state index < -0.39 is 10.0 Å². The third kappa shape index (κ3) is 4.64. The normalized spacial score (nSPS) is 11.2. The minimum atomic E-state index is -3.31. The number of aromatic nitrogens is 2. The highest BCUT2D eigenvalue weighted by atomic mass is 32.2. The summed E-state index contributed by atoms with van der Waals surface area (Å²) in [5.74, 6) is -0.272. The van der Waals surface area contributed by atoms with E-state index in [-0.39, 0.29) is 5.91 Å². The van der Waals surface area contributed by atoms with Crippen molar-refractivity contribution in [2.75, 3.05) is 16.3 Å².